The van der Waals surface area contributed by atoms with Gasteiger partial charge in [0.25, 0.3) is 0 Å². The number of rotatable bonds is 8. The van der Waals surface area contributed by atoms with Crippen molar-refractivity contribution >= 4 is 23.9 Å². The second kappa shape index (κ2) is 9.57. The normalized spacial score (nSPS) is 13.0. The molecule has 5 heteroatoms. The third-order valence-electron chi connectivity index (χ3n) is 3.10. The third kappa shape index (κ3) is 6.37. The van der Waals surface area contributed by atoms with Gasteiger partial charge in [0.15, 0.2) is 12.1 Å². The van der Waals surface area contributed by atoms with E-state index in [-0.39, 0.29) is 6.10 Å². The maximum atomic E-state index is 11.0. The van der Waals surface area contributed by atoms with Gasteiger partial charge in [-0.3, -0.25) is 4.79 Å². The smallest absolute Gasteiger partial charge is 0.163 e. The monoisotopic (exact) mass is 341 g/mol. The van der Waals surface area contributed by atoms with Gasteiger partial charge in [-0.1, -0.05) is 12.6 Å². The van der Waals surface area contributed by atoms with Crippen molar-refractivity contribution in [3.05, 3.63) is 47.4 Å². The lowest BCUT2D eigenvalue weighted by molar-refractivity contribution is -0.102. The summed E-state index contributed by atoms with van der Waals surface area (Å²) < 4.78 is 5.90. The molecule has 0 aliphatic rings. The van der Waals surface area contributed by atoms with Crippen molar-refractivity contribution in [2.75, 3.05) is 5.32 Å². The lowest BCUT2D eigenvalue weighted by Crippen LogP contribution is -2.10. The summed E-state index contributed by atoms with van der Waals surface area (Å²) in [5, 5.41) is 3.26. The molecule has 1 N–H and O–H groups in total. The fourth-order valence-corrected chi connectivity index (χ4v) is 2.05. The number of aryl methyl sites for hydroxylation is 1. The number of anilines is 1. The molecule has 1 rings (SSSR count). The van der Waals surface area contributed by atoms with Crippen molar-refractivity contribution in [3.63, 3.8) is 0 Å². The maximum absolute atomic E-state index is 11.0. The van der Waals surface area contributed by atoms with E-state index < -0.39 is 0 Å². The van der Waals surface area contributed by atoms with E-state index in [1.165, 1.54) is 0 Å². The number of nitrogens with one attached hydrogen (secondary N) is 1. The van der Waals surface area contributed by atoms with Gasteiger partial charge in [-0.25, -0.2) is 9.98 Å². The summed E-state index contributed by atoms with van der Waals surface area (Å²) in [6.45, 7) is 15.2. The number of benzene rings is 1. The number of hydrogen-bond acceptors (Lipinski definition) is 5. The van der Waals surface area contributed by atoms with Gasteiger partial charge in [-0.05, 0) is 64.8 Å². The zero-order chi connectivity index (χ0) is 19.0. The first-order valence-electron chi connectivity index (χ1n) is 8.22. The molecule has 0 spiro atoms. The average molecular weight is 341 g/mol. The van der Waals surface area contributed by atoms with E-state index in [9.17, 15) is 4.79 Å². The highest BCUT2D eigenvalue weighted by atomic mass is 16.5. The first kappa shape index (κ1) is 20.4. The molecule has 1 aromatic carbocycles. The van der Waals surface area contributed by atoms with Crippen LogP contribution in [-0.4, -0.2) is 24.3 Å². The van der Waals surface area contributed by atoms with Crippen LogP contribution >= 0.6 is 0 Å². The number of allylic oxidation sites excluding steroid dienone is 1. The minimum atomic E-state index is 0.0420. The van der Waals surface area contributed by atoms with Gasteiger partial charge >= 0.3 is 0 Å². The van der Waals surface area contributed by atoms with Crippen LogP contribution in [0.3, 0.4) is 0 Å². The van der Waals surface area contributed by atoms with Gasteiger partial charge in [0.2, 0.25) is 0 Å². The predicted octanol–water partition coefficient (Wildman–Crippen LogP) is 4.69. The lowest BCUT2D eigenvalue weighted by atomic mass is 10.2. The van der Waals surface area contributed by atoms with Crippen LogP contribution in [0.15, 0.2) is 51.9 Å². The largest absolute Gasteiger partial charge is 0.489 e. The van der Waals surface area contributed by atoms with Gasteiger partial charge in [0.05, 0.1) is 17.5 Å². The number of carbonyl (C=O) groups excluding carboxylic acids is 1. The van der Waals surface area contributed by atoms with E-state index in [1.807, 2.05) is 52.8 Å². The van der Waals surface area contributed by atoms with Gasteiger partial charge in [-0.2, -0.15) is 0 Å². The molecule has 0 bridgehead atoms. The second-order valence-electron chi connectivity index (χ2n) is 6.03. The standard InChI is InChI=1S/C20H27N3O2/c1-8-21-20(19(13(2)3)22-16(7)12-24)23-17-10-9-15(6)11-18(17)25-14(4)5/h8-12,14,23H,2H2,1,3-7H3/b20-19-,21-8?,22-16?. The number of aldehydes is 1. The van der Waals surface area contributed by atoms with Crippen molar-refractivity contribution < 1.29 is 9.53 Å². The number of hydrogen-bond donors (Lipinski definition) is 1. The van der Waals surface area contributed by atoms with Crippen LogP contribution in [-0.2, 0) is 4.79 Å². The van der Waals surface area contributed by atoms with E-state index in [4.69, 9.17) is 4.74 Å². The molecule has 0 radical (unpaired) electrons. The number of nitrogens with zero attached hydrogens (tertiary/aromatic N) is 2. The molecule has 25 heavy (non-hydrogen) atoms. The van der Waals surface area contributed by atoms with E-state index in [0.717, 1.165) is 17.0 Å². The molecule has 0 amide bonds. The van der Waals surface area contributed by atoms with Crippen LogP contribution in [0.25, 0.3) is 0 Å². The average Bonchev–Trinajstić information content (AvgIpc) is 2.53. The predicted molar refractivity (Wildman–Crippen MR) is 106 cm³/mol. The van der Waals surface area contributed by atoms with Crippen LogP contribution in [0.5, 0.6) is 5.75 Å². The Hall–Kier alpha value is -2.69. The van der Waals surface area contributed by atoms with Gasteiger partial charge in [0.1, 0.15) is 11.4 Å². The van der Waals surface area contributed by atoms with Crippen molar-refractivity contribution in [2.45, 2.75) is 47.6 Å². The van der Waals surface area contributed by atoms with E-state index in [1.54, 1.807) is 13.1 Å². The first-order valence-corrected chi connectivity index (χ1v) is 8.22. The minimum absolute atomic E-state index is 0.0420. The summed E-state index contributed by atoms with van der Waals surface area (Å²) >= 11 is 0. The fraction of sp³-hybridized carbons (Fsp3) is 0.350. The van der Waals surface area contributed by atoms with Gasteiger partial charge < -0.3 is 10.1 Å². The van der Waals surface area contributed by atoms with Crippen LogP contribution in [0.4, 0.5) is 5.69 Å². The Bertz CT molecular complexity index is 728. The molecular weight excluding hydrogens is 314 g/mol. The quantitative estimate of drug-likeness (QED) is 0.424. The zero-order valence-electron chi connectivity index (χ0n) is 15.9. The SMILES string of the molecule is C=C(C)/C(N=C(C)C=O)=C(\N=CC)Nc1ccc(C)cc1OC(C)C. The van der Waals surface area contributed by atoms with Gasteiger partial charge in [-0.15, -0.1) is 0 Å². The Morgan fingerprint density at radius 3 is 2.52 bits per heavy atom. The number of aliphatic imine (C=N–C) groups is 2. The summed E-state index contributed by atoms with van der Waals surface area (Å²) in [5.41, 5.74) is 3.45. The molecule has 0 aliphatic heterocycles. The van der Waals surface area contributed by atoms with Crippen molar-refractivity contribution in [2.24, 2.45) is 9.98 Å². The molecule has 5 nitrogen and oxygen atoms in total. The molecule has 1 aromatic rings. The molecular formula is C20H27N3O2. The molecule has 0 heterocycles. The van der Waals surface area contributed by atoms with Crippen LogP contribution in [0, 0.1) is 6.92 Å². The molecule has 0 saturated heterocycles. The second-order valence-corrected chi connectivity index (χ2v) is 6.03. The van der Waals surface area contributed by atoms with Crippen molar-refractivity contribution in [1.29, 1.82) is 0 Å². The van der Waals surface area contributed by atoms with Gasteiger partial charge in [0, 0.05) is 6.21 Å². The highest BCUT2D eigenvalue weighted by Crippen LogP contribution is 2.29. The van der Waals surface area contributed by atoms with E-state index >= 15 is 0 Å². The van der Waals surface area contributed by atoms with Crippen LogP contribution in [0.1, 0.15) is 40.2 Å². The molecule has 0 aliphatic carbocycles. The maximum Gasteiger partial charge on any atom is 0.163 e. The Morgan fingerprint density at radius 2 is 2.00 bits per heavy atom. The Kier molecular flexibility index (Phi) is 7.79. The van der Waals surface area contributed by atoms with Crippen molar-refractivity contribution in [1.82, 2.24) is 0 Å². The fourth-order valence-electron chi connectivity index (χ4n) is 2.05. The third-order valence-corrected chi connectivity index (χ3v) is 3.10. The van der Waals surface area contributed by atoms with E-state index in [0.29, 0.717) is 29.1 Å². The first-order chi connectivity index (χ1) is 11.8. The molecule has 134 valence electrons. The molecule has 0 fully saturated rings. The summed E-state index contributed by atoms with van der Waals surface area (Å²) in [7, 11) is 0. The Labute approximate surface area is 150 Å². The summed E-state index contributed by atoms with van der Waals surface area (Å²) in [6.07, 6.45) is 2.41. The summed E-state index contributed by atoms with van der Waals surface area (Å²) in [5.74, 6) is 1.24. The van der Waals surface area contributed by atoms with Crippen LogP contribution < -0.4 is 10.1 Å². The minimum Gasteiger partial charge on any atom is -0.489 e. The topological polar surface area (TPSA) is 63.0 Å². The Balaban J connectivity index is 3.45. The summed E-state index contributed by atoms with van der Waals surface area (Å²) in [6, 6.07) is 5.89. The molecule has 0 aromatic heterocycles. The highest BCUT2D eigenvalue weighted by molar-refractivity contribution is 6.27. The molecule has 0 atom stereocenters. The number of ether oxygens (including phenoxy) is 1. The lowest BCUT2D eigenvalue weighted by Gasteiger charge is -2.17. The van der Waals surface area contributed by atoms with Crippen LogP contribution in [0.2, 0.25) is 0 Å². The zero-order valence-corrected chi connectivity index (χ0v) is 15.9. The Morgan fingerprint density at radius 1 is 1.32 bits per heavy atom. The summed E-state index contributed by atoms with van der Waals surface area (Å²) in [4.78, 5) is 19.7. The highest BCUT2D eigenvalue weighted by Gasteiger charge is 2.12. The van der Waals surface area contributed by atoms with Crippen molar-refractivity contribution in [3.8, 4) is 5.75 Å². The van der Waals surface area contributed by atoms with E-state index in [2.05, 4.69) is 21.9 Å². The molecule has 0 saturated carbocycles. The molecule has 0 unspecified atom stereocenters. The number of carbonyl (C=O) groups is 1.